The van der Waals surface area contributed by atoms with Crippen molar-refractivity contribution in [2.45, 2.75) is 26.5 Å². The summed E-state index contributed by atoms with van der Waals surface area (Å²) in [7, 11) is 0. The Labute approximate surface area is 160 Å². The van der Waals surface area contributed by atoms with Crippen LogP contribution in [0, 0.1) is 6.92 Å². The van der Waals surface area contributed by atoms with E-state index in [1.165, 1.54) is 0 Å². The summed E-state index contributed by atoms with van der Waals surface area (Å²) in [6.45, 7) is 7.90. The first-order valence-electron chi connectivity index (χ1n) is 8.35. The molecule has 2 heterocycles. The lowest BCUT2D eigenvalue weighted by molar-refractivity contribution is -0.139. The molecule has 0 radical (unpaired) electrons. The topological polar surface area (TPSA) is 45.7 Å². The van der Waals surface area contributed by atoms with Crippen molar-refractivity contribution >= 4 is 33.2 Å². The van der Waals surface area contributed by atoms with Crippen molar-refractivity contribution < 1.29 is 9.53 Å². The summed E-state index contributed by atoms with van der Waals surface area (Å²) < 4.78 is 6.77. The summed E-state index contributed by atoms with van der Waals surface area (Å²) in [5, 5.41) is 3.21. The molecule has 0 N–H and O–H groups in total. The third-order valence-corrected chi connectivity index (χ3v) is 5.56. The van der Waals surface area contributed by atoms with E-state index in [0.29, 0.717) is 5.75 Å². The Morgan fingerprint density at radius 1 is 1.28 bits per heavy atom. The molecule has 1 aliphatic rings. The predicted octanol–water partition coefficient (Wildman–Crippen LogP) is 3.33. The predicted molar refractivity (Wildman–Crippen MR) is 103 cm³/mol. The van der Waals surface area contributed by atoms with Crippen LogP contribution >= 0.6 is 27.3 Å². The van der Waals surface area contributed by atoms with Crippen molar-refractivity contribution in [2.75, 3.05) is 26.2 Å². The fraction of sp³-hybridized carbons (Fsp3) is 0.444. The third-order valence-electron chi connectivity index (χ3n) is 4.21. The van der Waals surface area contributed by atoms with Crippen LogP contribution in [0.15, 0.2) is 34.1 Å². The molecule has 1 saturated heterocycles. The van der Waals surface area contributed by atoms with Crippen molar-refractivity contribution in [3.05, 3.63) is 44.8 Å². The smallest absolute Gasteiger partial charge is 0.263 e. The summed E-state index contributed by atoms with van der Waals surface area (Å²) in [5.41, 5.74) is 1.12. The molecule has 2 aromatic rings. The van der Waals surface area contributed by atoms with Crippen molar-refractivity contribution in [2.24, 2.45) is 0 Å². The van der Waals surface area contributed by atoms with Crippen LogP contribution in [0.2, 0.25) is 0 Å². The summed E-state index contributed by atoms with van der Waals surface area (Å²) in [5.74, 6) is 0.758. The second-order valence-corrected chi connectivity index (χ2v) is 8.15. The molecule has 3 rings (SSSR count). The largest absolute Gasteiger partial charge is 0.481 e. The molecule has 1 fully saturated rings. The van der Waals surface area contributed by atoms with Crippen LogP contribution in [-0.4, -0.2) is 53.0 Å². The van der Waals surface area contributed by atoms with Gasteiger partial charge in [0.15, 0.2) is 6.10 Å². The number of amides is 1. The molecule has 1 aromatic carbocycles. The Morgan fingerprint density at radius 3 is 2.56 bits per heavy atom. The molecule has 25 heavy (non-hydrogen) atoms. The number of thiazole rings is 1. The van der Waals surface area contributed by atoms with Crippen LogP contribution in [-0.2, 0) is 11.3 Å². The average Bonchev–Trinajstić information content (AvgIpc) is 3.02. The first-order chi connectivity index (χ1) is 12.0. The molecule has 1 amide bonds. The highest BCUT2D eigenvalue weighted by atomic mass is 79.9. The Morgan fingerprint density at radius 2 is 1.96 bits per heavy atom. The number of nitrogens with zero attached hydrogens (tertiary/aromatic N) is 3. The van der Waals surface area contributed by atoms with Crippen molar-refractivity contribution in [3.63, 3.8) is 0 Å². The summed E-state index contributed by atoms with van der Waals surface area (Å²) in [6, 6.07) is 7.54. The second kappa shape index (κ2) is 8.29. The van der Waals surface area contributed by atoms with E-state index in [2.05, 4.69) is 31.2 Å². The van der Waals surface area contributed by atoms with Gasteiger partial charge in [0.2, 0.25) is 0 Å². The molecule has 0 aliphatic carbocycles. The zero-order valence-electron chi connectivity index (χ0n) is 14.4. The number of piperazine rings is 1. The molecular weight excluding hydrogens is 402 g/mol. The highest BCUT2D eigenvalue weighted by Crippen LogP contribution is 2.18. The van der Waals surface area contributed by atoms with Crippen LogP contribution in [0.1, 0.15) is 17.6 Å². The van der Waals surface area contributed by atoms with Gasteiger partial charge in [-0.3, -0.25) is 9.69 Å². The van der Waals surface area contributed by atoms with E-state index in [1.807, 2.05) is 43.0 Å². The van der Waals surface area contributed by atoms with E-state index in [4.69, 9.17) is 4.74 Å². The summed E-state index contributed by atoms with van der Waals surface area (Å²) >= 11 is 5.08. The molecule has 1 unspecified atom stereocenters. The zero-order chi connectivity index (χ0) is 17.8. The number of aromatic nitrogens is 1. The van der Waals surface area contributed by atoms with Crippen LogP contribution in [0.5, 0.6) is 5.75 Å². The van der Waals surface area contributed by atoms with E-state index >= 15 is 0 Å². The van der Waals surface area contributed by atoms with Gasteiger partial charge in [0.05, 0.1) is 10.7 Å². The van der Waals surface area contributed by atoms with Gasteiger partial charge < -0.3 is 9.64 Å². The van der Waals surface area contributed by atoms with Gasteiger partial charge in [-0.25, -0.2) is 4.98 Å². The Kier molecular flexibility index (Phi) is 6.09. The minimum atomic E-state index is -0.478. The Balaban J connectivity index is 1.48. The second-order valence-electron chi connectivity index (χ2n) is 6.17. The Bertz CT molecular complexity index is 711. The van der Waals surface area contributed by atoms with Gasteiger partial charge in [0.25, 0.3) is 5.91 Å². The number of carbonyl (C=O) groups is 1. The average molecular weight is 424 g/mol. The molecule has 5 nitrogen and oxygen atoms in total. The minimum Gasteiger partial charge on any atom is -0.481 e. The van der Waals surface area contributed by atoms with Gasteiger partial charge in [0, 0.05) is 42.6 Å². The highest BCUT2D eigenvalue weighted by Gasteiger charge is 2.26. The molecular formula is C18H22BrN3O2S. The molecule has 1 aromatic heterocycles. The molecule has 134 valence electrons. The lowest BCUT2D eigenvalue weighted by atomic mass is 10.2. The molecule has 7 heteroatoms. The number of hydrogen-bond acceptors (Lipinski definition) is 5. The van der Waals surface area contributed by atoms with E-state index < -0.39 is 6.10 Å². The fourth-order valence-corrected chi connectivity index (χ4v) is 3.73. The number of aryl methyl sites for hydroxylation is 1. The SMILES string of the molecule is Cc1nc(CN2CCN(C(=O)C(C)Oc3ccc(Br)cc3)CC2)cs1. The standard InChI is InChI=1S/C18H22BrN3O2S/c1-13(24-17-5-3-15(19)4-6-17)18(23)22-9-7-21(8-10-22)11-16-12-25-14(2)20-16/h3-6,12-13H,7-11H2,1-2H3. The number of benzene rings is 1. The number of carbonyl (C=O) groups excluding carboxylic acids is 1. The molecule has 0 spiro atoms. The number of ether oxygens (including phenoxy) is 1. The van der Waals surface area contributed by atoms with Crippen molar-refractivity contribution in [1.29, 1.82) is 0 Å². The summed E-state index contributed by atoms with van der Waals surface area (Å²) in [4.78, 5) is 21.4. The minimum absolute atomic E-state index is 0.0482. The van der Waals surface area contributed by atoms with Gasteiger partial charge in [0.1, 0.15) is 5.75 Å². The van der Waals surface area contributed by atoms with Crippen molar-refractivity contribution in [1.82, 2.24) is 14.8 Å². The number of halogens is 1. The maximum Gasteiger partial charge on any atom is 0.263 e. The van der Waals surface area contributed by atoms with E-state index in [1.54, 1.807) is 11.3 Å². The van der Waals surface area contributed by atoms with E-state index in [-0.39, 0.29) is 5.91 Å². The quantitative estimate of drug-likeness (QED) is 0.739. The van der Waals surface area contributed by atoms with E-state index in [9.17, 15) is 4.79 Å². The molecule has 0 saturated carbocycles. The normalized spacial score (nSPS) is 16.7. The van der Waals surface area contributed by atoms with Gasteiger partial charge in [-0.15, -0.1) is 11.3 Å². The van der Waals surface area contributed by atoms with Crippen LogP contribution in [0.3, 0.4) is 0 Å². The molecule has 0 bridgehead atoms. The zero-order valence-corrected chi connectivity index (χ0v) is 16.8. The van der Waals surface area contributed by atoms with Gasteiger partial charge in [-0.1, -0.05) is 15.9 Å². The summed E-state index contributed by atoms with van der Waals surface area (Å²) in [6.07, 6.45) is -0.478. The molecule has 1 atom stereocenters. The van der Waals surface area contributed by atoms with Crippen LogP contribution in [0.25, 0.3) is 0 Å². The number of hydrogen-bond donors (Lipinski definition) is 0. The van der Waals surface area contributed by atoms with Gasteiger partial charge in [-0.05, 0) is 38.1 Å². The lowest BCUT2D eigenvalue weighted by Crippen LogP contribution is -2.51. The van der Waals surface area contributed by atoms with Crippen LogP contribution in [0.4, 0.5) is 0 Å². The lowest BCUT2D eigenvalue weighted by Gasteiger charge is -2.35. The number of rotatable bonds is 5. The maximum atomic E-state index is 12.6. The van der Waals surface area contributed by atoms with Gasteiger partial charge in [-0.2, -0.15) is 0 Å². The maximum absolute atomic E-state index is 12.6. The third kappa shape index (κ3) is 5.03. The fourth-order valence-electron chi connectivity index (χ4n) is 2.86. The Hall–Kier alpha value is -1.44. The van der Waals surface area contributed by atoms with Crippen LogP contribution < -0.4 is 4.74 Å². The van der Waals surface area contributed by atoms with Crippen molar-refractivity contribution in [3.8, 4) is 5.75 Å². The highest BCUT2D eigenvalue weighted by molar-refractivity contribution is 9.10. The first-order valence-corrected chi connectivity index (χ1v) is 10.0. The van der Waals surface area contributed by atoms with E-state index in [0.717, 1.165) is 47.9 Å². The first kappa shape index (κ1) is 18.4. The molecule has 1 aliphatic heterocycles. The van der Waals surface area contributed by atoms with Gasteiger partial charge >= 0.3 is 0 Å². The monoisotopic (exact) mass is 423 g/mol.